The highest BCUT2D eigenvalue weighted by molar-refractivity contribution is 6.35. The molecule has 0 aliphatic carbocycles. The minimum absolute atomic E-state index is 0.628. The van der Waals surface area contributed by atoms with Gasteiger partial charge in [0, 0.05) is 27.7 Å². The van der Waals surface area contributed by atoms with Crippen LogP contribution in [0.5, 0.6) is 0 Å². The number of aromatic nitrogens is 2. The summed E-state index contributed by atoms with van der Waals surface area (Å²) in [4.78, 5) is 7.96. The summed E-state index contributed by atoms with van der Waals surface area (Å²) in [6.45, 7) is 1.97. The highest BCUT2D eigenvalue weighted by Crippen LogP contribution is 2.31. The van der Waals surface area contributed by atoms with Gasteiger partial charge in [0.2, 0.25) is 0 Å². The Kier molecular flexibility index (Phi) is 4.44. The molecule has 0 unspecified atom stereocenters. The Balaban J connectivity index is 1.98. The molecule has 0 spiro atoms. The molecule has 1 N–H and O–H groups in total. The Morgan fingerprint density at radius 2 is 1.77 bits per heavy atom. The molecule has 2 aromatic carbocycles. The van der Waals surface area contributed by atoms with Crippen LogP contribution in [0.15, 0.2) is 42.5 Å². The summed E-state index contributed by atoms with van der Waals surface area (Å²) in [5.41, 5.74) is 3.62. The van der Waals surface area contributed by atoms with Gasteiger partial charge in [-0.1, -0.05) is 53.0 Å². The van der Waals surface area contributed by atoms with Crippen molar-refractivity contribution in [1.29, 1.82) is 0 Å². The Morgan fingerprint density at radius 1 is 1.00 bits per heavy atom. The molecule has 0 saturated carbocycles. The minimum atomic E-state index is 0.628. The molecule has 0 bridgehead atoms. The molecular weight excluding hydrogens is 339 g/mol. The third kappa shape index (κ3) is 3.14. The van der Waals surface area contributed by atoms with E-state index in [2.05, 4.69) is 9.97 Å². The normalized spacial score (nSPS) is 10.9. The van der Waals surface area contributed by atoms with E-state index in [9.17, 15) is 0 Å². The number of nitrogens with zero attached hydrogens (tertiary/aromatic N) is 1. The summed E-state index contributed by atoms with van der Waals surface area (Å²) in [6.07, 6.45) is 0.638. The van der Waals surface area contributed by atoms with E-state index in [0.29, 0.717) is 16.5 Å². The average molecular weight is 352 g/mol. The molecule has 0 atom stereocenters. The first-order chi connectivity index (χ1) is 10.5. The first-order valence-electron chi connectivity index (χ1n) is 6.79. The van der Waals surface area contributed by atoms with E-state index < -0.39 is 0 Å². The Bertz CT molecular complexity index is 825. The number of aromatic amines is 1. The zero-order valence-corrected chi connectivity index (χ0v) is 14.1. The minimum Gasteiger partial charge on any atom is -0.345 e. The zero-order valence-electron chi connectivity index (χ0n) is 11.8. The molecule has 3 rings (SSSR count). The molecule has 1 aromatic heterocycles. The van der Waals surface area contributed by atoms with Crippen LogP contribution < -0.4 is 0 Å². The number of H-pyrrole nitrogens is 1. The van der Waals surface area contributed by atoms with Crippen LogP contribution in [-0.4, -0.2) is 9.97 Å². The van der Waals surface area contributed by atoms with E-state index in [-0.39, 0.29) is 0 Å². The van der Waals surface area contributed by atoms with E-state index in [1.807, 2.05) is 37.3 Å². The van der Waals surface area contributed by atoms with E-state index in [0.717, 1.165) is 33.4 Å². The second-order valence-corrected chi connectivity index (χ2v) is 6.30. The summed E-state index contributed by atoms with van der Waals surface area (Å²) < 4.78 is 0. The molecule has 0 radical (unpaired) electrons. The van der Waals surface area contributed by atoms with Crippen LogP contribution in [0.4, 0.5) is 0 Å². The van der Waals surface area contributed by atoms with Crippen molar-refractivity contribution in [3.05, 3.63) is 74.6 Å². The Morgan fingerprint density at radius 3 is 2.55 bits per heavy atom. The summed E-state index contributed by atoms with van der Waals surface area (Å²) in [5.74, 6) is 0.844. The van der Waals surface area contributed by atoms with Crippen molar-refractivity contribution in [1.82, 2.24) is 9.97 Å². The molecule has 1 heterocycles. The SMILES string of the molecule is Cc1[nH]c(Cc2ccccc2Cl)nc1-c1cc(Cl)ccc1Cl. The molecule has 0 fully saturated rings. The predicted octanol–water partition coefficient (Wildman–Crippen LogP) is 5.94. The maximum Gasteiger partial charge on any atom is 0.111 e. The molecule has 0 aliphatic heterocycles. The monoisotopic (exact) mass is 350 g/mol. The topological polar surface area (TPSA) is 28.7 Å². The third-order valence-electron chi connectivity index (χ3n) is 3.43. The largest absolute Gasteiger partial charge is 0.345 e. The Labute approximate surface area is 144 Å². The molecule has 112 valence electrons. The number of imidazole rings is 1. The molecule has 3 aromatic rings. The van der Waals surface area contributed by atoms with Crippen molar-refractivity contribution >= 4 is 34.8 Å². The fourth-order valence-corrected chi connectivity index (χ4v) is 2.95. The van der Waals surface area contributed by atoms with Crippen LogP contribution in [-0.2, 0) is 6.42 Å². The lowest BCUT2D eigenvalue weighted by atomic mass is 10.1. The fraction of sp³-hybridized carbons (Fsp3) is 0.118. The molecule has 0 aliphatic rings. The number of halogens is 3. The molecule has 2 nitrogen and oxygen atoms in total. The lowest BCUT2D eigenvalue weighted by Gasteiger charge is -2.03. The van der Waals surface area contributed by atoms with Gasteiger partial charge in [0.15, 0.2) is 0 Å². The van der Waals surface area contributed by atoms with Gasteiger partial charge in [0.25, 0.3) is 0 Å². The van der Waals surface area contributed by atoms with Crippen LogP contribution in [0.1, 0.15) is 17.1 Å². The van der Waals surface area contributed by atoms with E-state index in [1.165, 1.54) is 0 Å². The maximum absolute atomic E-state index is 6.26. The van der Waals surface area contributed by atoms with Crippen LogP contribution in [0.25, 0.3) is 11.3 Å². The van der Waals surface area contributed by atoms with Gasteiger partial charge in [-0.2, -0.15) is 0 Å². The van der Waals surface area contributed by atoms with Crippen molar-refractivity contribution in [3.63, 3.8) is 0 Å². The van der Waals surface area contributed by atoms with E-state index >= 15 is 0 Å². The van der Waals surface area contributed by atoms with Crippen LogP contribution in [0, 0.1) is 6.92 Å². The number of nitrogens with one attached hydrogen (secondary N) is 1. The Hall–Kier alpha value is -1.48. The standard InChI is InChI=1S/C17H13Cl3N2/c1-10-17(13-9-12(18)6-7-15(13)20)22-16(21-10)8-11-4-2-3-5-14(11)19/h2-7,9H,8H2,1H3,(H,21,22). The van der Waals surface area contributed by atoms with Crippen molar-refractivity contribution < 1.29 is 0 Å². The summed E-state index contributed by atoms with van der Waals surface area (Å²) in [5, 5.41) is 2.00. The van der Waals surface area contributed by atoms with Gasteiger partial charge in [-0.3, -0.25) is 0 Å². The second-order valence-electron chi connectivity index (χ2n) is 5.05. The quantitative estimate of drug-likeness (QED) is 0.622. The lowest BCUT2D eigenvalue weighted by Crippen LogP contribution is -1.91. The van der Waals surface area contributed by atoms with Gasteiger partial charge in [-0.15, -0.1) is 0 Å². The highest BCUT2D eigenvalue weighted by Gasteiger charge is 2.13. The van der Waals surface area contributed by atoms with Crippen molar-refractivity contribution in [2.24, 2.45) is 0 Å². The van der Waals surface area contributed by atoms with Gasteiger partial charge in [-0.05, 0) is 36.8 Å². The number of hydrogen-bond donors (Lipinski definition) is 1. The molecular formula is C17H13Cl3N2. The van der Waals surface area contributed by atoms with Gasteiger partial charge < -0.3 is 4.98 Å². The number of hydrogen-bond acceptors (Lipinski definition) is 1. The van der Waals surface area contributed by atoms with E-state index in [4.69, 9.17) is 34.8 Å². The lowest BCUT2D eigenvalue weighted by molar-refractivity contribution is 1.02. The van der Waals surface area contributed by atoms with Crippen molar-refractivity contribution in [3.8, 4) is 11.3 Å². The second kappa shape index (κ2) is 6.33. The van der Waals surface area contributed by atoms with Crippen LogP contribution >= 0.6 is 34.8 Å². The van der Waals surface area contributed by atoms with E-state index in [1.54, 1.807) is 12.1 Å². The number of rotatable bonds is 3. The molecule has 0 saturated heterocycles. The zero-order chi connectivity index (χ0) is 15.7. The first kappa shape index (κ1) is 15.4. The third-order valence-corrected chi connectivity index (χ3v) is 4.37. The summed E-state index contributed by atoms with van der Waals surface area (Å²) in [6, 6.07) is 13.1. The van der Waals surface area contributed by atoms with Crippen LogP contribution in [0.2, 0.25) is 15.1 Å². The smallest absolute Gasteiger partial charge is 0.111 e. The van der Waals surface area contributed by atoms with Gasteiger partial charge in [0.1, 0.15) is 5.82 Å². The average Bonchev–Trinajstić information content (AvgIpc) is 2.85. The molecule has 5 heteroatoms. The summed E-state index contributed by atoms with van der Waals surface area (Å²) in [7, 11) is 0. The van der Waals surface area contributed by atoms with Crippen LogP contribution in [0.3, 0.4) is 0 Å². The fourth-order valence-electron chi connectivity index (χ4n) is 2.37. The predicted molar refractivity (Wildman–Crippen MR) is 93.0 cm³/mol. The maximum atomic E-state index is 6.26. The first-order valence-corrected chi connectivity index (χ1v) is 7.92. The number of aryl methyl sites for hydroxylation is 1. The van der Waals surface area contributed by atoms with Crippen molar-refractivity contribution in [2.75, 3.05) is 0 Å². The number of benzene rings is 2. The molecule has 22 heavy (non-hydrogen) atoms. The highest BCUT2D eigenvalue weighted by atomic mass is 35.5. The van der Waals surface area contributed by atoms with Crippen molar-refractivity contribution in [2.45, 2.75) is 13.3 Å². The van der Waals surface area contributed by atoms with Gasteiger partial charge in [0.05, 0.1) is 10.7 Å². The molecule has 0 amide bonds. The summed E-state index contributed by atoms with van der Waals surface area (Å²) >= 11 is 18.5. The van der Waals surface area contributed by atoms with Gasteiger partial charge >= 0.3 is 0 Å². The van der Waals surface area contributed by atoms with Gasteiger partial charge in [-0.25, -0.2) is 4.98 Å².